The van der Waals surface area contributed by atoms with Crippen LogP contribution >= 0.6 is 0 Å². The average Bonchev–Trinajstić information content (AvgIpc) is 3.33. The molecule has 3 aromatic carbocycles. The van der Waals surface area contributed by atoms with Crippen LogP contribution < -0.4 is 0 Å². The minimum atomic E-state index is 1.10. The molecule has 2 aliphatic rings. The van der Waals surface area contributed by atoms with Crippen molar-refractivity contribution in [3.63, 3.8) is 0 Å². The summed E-state index contributed by atoms with van der Waals surface area (Å²) in [4.78, 5) is 0. The number of hydrogen-bond acceptors (Lipinski definition) is 0. The second-order valence-electron chi connectivity index (χ2n) is 7.67. The molecule has 2 aliphatic carbocycles. The molecule has 0 unspecified atom stereocenters. The van der Waals surface area contributed by atoms with Crippen LogP contribution in [0.3, 0.4) is 0 Å². The van der Waals surface area contributed by atoms with Crippen molar-refractivity contribution in [2.24, 2.45) is 0 Å². The fourth-order valence-electron chi connectivity index (χ4n) is 5.43. The van der Waals surface area contributed by atoms with Crippen molar-refractivity contribution in [2.75, 3.05) is 0 Å². The highest BCUT2D eigenvalue weighted by atomic mass is 14.9. The van der Waals surface area contributed by atoms with Crippen LogP contribution in [0, 0.1) is 0 Å². The summed E-state index contributed by atoms with van der Waals surface area (Å²) >= 11 is 0. The van der Waals surface area contributed by atoms with E-state index in [2.05, 4.69) is 71.2 Å². The third-order valence-electron chi connectivity index (χ3n) is 6.42. The number of para-hydroxylation sites is 2. The van der Waals surface area contributed by atoms with E-state index in [0.717, 1.165) is 6.42 Å². The highest BCUT2D eigenvalue weighted by Crippen LogP contribution is 2.47. The number of allylic oxidation sites excluding steroid dienone is 4. The van der Waals surface area contributed by atoms with Crippen molar-refractivity contribution in [3.8, 4) is 0 Å². The van der Waals surface area contributed by atoms with Crippen molar-refractivity contribution in [1.29, 1.82) is 0 Å². The van der Waals surface area contributed by atoms with Crippen LogP contribution in [-0.4, -0.2) is 4.40 Å². The smallest absolute Gasteiger partial charge is 0.0620 e. The summed E-state index contributed by atoms with van der Waals surface area (Å²) in [5, 5.41) is 5.61. The molecule has 0 spiro atoms. The molecule has 0 N–H and O–H groups in total. The monoisotopic (exact) mass is 331 g/mol. The summed E-state index contributed by atoms with van der Waals surface area (Å²) in [6.07, 6.45) is 8.14. The van der Waals surface area contributed by atoms with Crippen LogP contribution in [0.4, 0.5) is 0 Å². The first kappa shape index (κ1) is 13.2. The van der Waals surface area contributed by atoms with Crippen molar-refractivity contribution < 1.29 is 0 Å². The largest absolute Gasteiger partial charge is 0.308 e. The maximum atomic E-state index is 2.49. The lowest BCUT2D eigenvalue weighted by Gasteiger charge is -2.11. The van der Waals surface area contributed by atoms with Crippen molar-refractivity contribution >= 4 is 43.7 Å². The maximum Gasteiger partial charge on any atom is 0.0620 e. The molecule has 7 rings (SSSR count). The standard InChI is InChI=1S/C25H17N/c1-2-7-17-15(6-1)14-16-12-13-22-24(23(16)17)20-10-5-9-19-18-8-3-4-11-21(18)26(22)25(19)20/h1,3-6,8-13H,2,7,14H2. The molecule has 0 bridgehead atoms. The molecule has 5 aromatic rings. The van der Waals surface area contributed by atoms with Crippen molar-refractivity contribution in [2.45, 2.75) is 19.3 Å². The molecular weight excluding hydrogens is 314 g/mol. The quantitative estimate of drug-likeness (QED) is 0.305. The fourth-order valence-corrected chi connectivity index (χ4v) is 5.43. The van der Waals surface area contributed by atoms with Gasteiger partial charge in [-0.3, -0.25) is 0 Å². The first-order chi connectivity index (χ1) is 12.9. The lowest BCUT2D eigenvalue weighted by atomic mass is 9.93. The van der Waals surface area contributed by atoms with Gasteiger partial charge in [0.15, 0.2) is 0 Å². The number of fused-ring (bicyclic) bond motifs is 9. The van der Waals surface area contributed by atoms with E-state index < -0.39 is 0 Å². The Morgan fingerprint density at radius 2 is 1.65 bits per heavy atom. The third kappa shape index (κ3) is 1.37. The van der Waals surface area contributed by atoms with Crippen LogP contribution in [0.15, 0.2) is 72.3 Å². The Balaban J connectivity index is 1.78. The molecule has 0 saturated carbocycles. The van der Waals surface area contributed by atoms with Gasteiger partial charge in [-0.1, -0.05) is 54.6 Å². The summed E-state index contributed by atoms with van der Waals surface area (Å²) < 4.78 is 2.49. The van der Waals surface area contributed by atoms with Gasteiger partial charge in [-0.15, -0.1) is 0 Å². The normalized spacial score (nSPS) is 16.5. The minimum Gasteiger partial charge on any atom is -0.308 e. The van der Waals surface area contributed by atoms with Crippen molar-refractivity contribution in [3.05, 3.63) is 83.4 Å². The number of aromatic nitrogens is 1. The Kier molecular flexibility index (Phi) is 2.21. The van der Waals surface area contributed by atoms with Gasteiger partial charge in [-0.05, 0) is 53.7 Å². The van der Waals surface area contributed by atoms with Gasteiger partial charge in [0.25, 0.3) is 0 Å². The van der Waals surface area contributed by atoms with Crippen LogP contribution in [0.2, 0.25) is 0 Å². The maximum absolute atomic E-state index is 2.49. The summed E-state index contributed by atoms with van der Waals surface area (Å²) in [5.41, 5.74) is 10.2. The van der Waals surface area contributed by atoms with E-state index in [1.807, 2.05) is 0 Å². The fraction of sp³-hybridized carbons (Fsp3) is 0.120. The second kappa shape index (κ2) is 4.37. The van der Waals surface area contributed by atoms with Gasteiger partial charge in [-0.2, -0.15) is 0 Å². The van der Waals surface area contributed by atoms with E-state index in [9.17, 15) is 0 Å². The number of rotatable bonds is 0. The van der Waals surface area contributed by atoms with E-state index in [1.165, 1.54) is 67.6 Å². The predicted molar refractivity (Wildman–Crippen MR) is 110 cm³/mol. The summed E-state index contributed by atoms with van der Waals surface area (Å²) in [6.45, 7) is 0. The van der Waals surface area contributed by atoms with E-state index in [-0.39, 0.29) is 0 Å². The highest BCUT2D eigenvalue weighted by molar-refractivity contribution is 6.25. The summed E-state index contributed by atoms with van der Waals surface area (Å²) in [5.74, 6) is 0. The Morgan fingerprint density at radius 1 is 0.769 bits per heavy atom. The zero-order chi connectivity index (χ0) is 16.8. The van der Waals surface area contributed by atoms with Gasteiger partial charge in [-0.25, -0.2) is 0 Å². The van der Waals surface area contributed by atoms with Crippen LogP contribution in [0.1, 0.15) is 24.0 Å². The number of nitrogens with zero attached hydrogens (tertiary/aromatic N) is 1. The van der Waals surface area contributed by atoms with E-state index in [4.69, 9.17) is 0 Å². The van der Waals surface area contributed by atoms with Crippen LogP contribution in [0.5, 0.6) is 0 Å². The molecule has 26 heavy (non-hydrogen) atoms. The number of benzene rings is 3. The molecule has 0 atom stereocenters. The van der Waals surface area contributed by atoms with Gasteiger partial charge in [0.1, 0.15) is 0 Å². The van der Waals surface area contributed by atoms with Gasteiger partial charge < -0.3 is 4.40 Å². The molecule has 0 radical (unpaired) electrons. The molecule has 1 heteroatoms. The third-order valence-corrected chi connectivity index (χ3v) is 6.42. The van der Waals surface area contributed by atoms with Gasteiger partial charge in [0.05, 0.1) is 16.6 Å². The Labute approximate surface area is 151 Å². The highest BCUT2D eigenvalue weighted by Gasteiger charge is 2.27. The molecule has 0 amide bonds. The Morgan fingerprint density at radius 3 is 2.65 bits per heavy atom. The molecule has 1 nitrogen and oxygen atoms in total. The average molecular weight is 331 g/mol. The molecule has 2 heterocycles. The molecular formula is C25H17N. The molecule has 0 aliphatic heterocycles. The predicted octanol–water partition coefficient (Wildman–Crippen LogP) is 6.50. The lowest BCUT2D eigenvalue weighted by molar-refractivity contribution is 1.04. The first-order valence-corrected chi connectivity index (χ1v) is 9.49. The molecule has 2 aromatic heterocycles. The minimum absolute atomic E-state index is 1.10. The number of hydrogen-bond donors (Lipinski definition) is 0. The zero-order valence-electron chi connectivity index (χ0n) is 14.4. The van der Waals surface area contributed by atoms with Gasteiger partial charge in [0.2, 0.25) is 0 Å². The molecule has 0 saturated heterocycles. The topological polar surface area (TPSA) is 4.41 Å². The van der Waals surface area contributed by atoms with Crippen LogP contribution in [-0.2, 0) is 6.42 Å². The summed E-state index contributed by atoms with van der Waals surface area (Å²) in [7, 11) is 0. The lowest BCUT2D eigenvalue weighted by Crippen LogP contribution is -1.90. The van der Waals surface area contributed by atoms with E-state index in [0.29, 0.717) is 0 Å². The van der Waals surface area contributed by atoms with E-state index >= 15 is 0 Å². The zero-order valence-corrected chi connectivity index (χ0v) is 14.4. The first-order valence-electron chi connectivity index (χ1n) is 9.49. The molecule has 0 fully saturated rings. The summed E-state index contributed by atoms with van der Waals surface area (Å²) in [6, 6.07) is 20.4. The van der Waals surface area contributed by atoms with Gasteiger partial charge in [0, 0.05) is 21.5 Å². The molecule has 122 valence electrons. The Hall–Kier alpha value is -3.06. The van der Waals surface area contributed by atoms with Gasteiger partial charge >= 0.3 is 0 Å². The van der Waals surface area contributed by atoms with Crippen LogP contribution in [0.25, 0.3) is 43.7 Å². The Bertz CT molecular complexity index is 1440. The SMILES string of the molecule is C1=CC2=C(CC1)c1c(ccc3c1c1cccc4c5ccccc5n3c41)C2. The second-order valence-corrected chi connectivity index (χ2v) is 7.67. The van der Waals surface area contributed by atoms with Crippen molar-refractivity contribution in [1.82, 2.24) is 4.40 Å². The van der Waals surface area contributed by atoms with E-state index in [1.54, 1.807) is 5.57 Å².